The van der Waals surface area contributed by atoms with Crippen LogP contribution in [0.3, 0.4) is 0 Å². The van der Waals surface area contributed by atoms with Crippen molar-refractivity contribution < 1.29 is 24.1 Å². The van der Waals surface area contributed by atoms with Gasteiger partial charge in [-0.3, -0.25) is 0 Å². The number of hydrogen-bond acceptors (Lipinski definition) is 3. The van der Waals surface area contributed by atoms with Gasteiger partial charge in [-0.25, -0.2) is 9.18 Å². The van der Waals surface area contributed by atoms with Gasteiger partial charge in [-0.1, -0.05) is 18.2 Å². The van der Waals surface area contributed by atoms with Crippen LogP contribution in [0.15, 0.2) is 24.3 Å². The van der Waals surface area contributed by atoms with Crippen molar-refractivity contribution in [3.8, 4) is 0 Å². The standard InChI is InChI=1S/C13H17FO4/c1-13(12(16)17,18-8-4-7-15)9-10-5-2-3-6-11(10)14/h2-3,5-6,15H,4,7-9H2,1H3,(H,16,17). The summed E-state index contributed by atoms with van der Waals surface area (Å²) in [6.45, 7) is 1.45. The van der Waals surface area contributed by atoms with E-state index in [0.29, 0.717) is 12.0 Å². The summed E-state index contributed by atoms with van der Waals surface area (Å²) in [7, 11) is 0. The van der Waals surface area contributed by atoms with Crippen molar-refractivity contribution in [1.29, 1.82) is 0 Å². The van der Waals surface area contributed by atoms with Gasteiger partial charge in [0.15, 0.2) is 5.60 Å². The number of rotatable bonds is 7. The van der Waals surface area contributed by atoms with Crippen molar-refractivity contribution in [2.45, 2.75) is 25.4 Å². The number of aliphatic hydroxyl groups is 1. The molecule has 18 heavy (non-hydrogen) atoms. The second kappa shape index (κ2) is 6.47. The molecule has 0 radical (unpaired) electrons. The molecule has 4 nitrogen and oxygen atoms in total. The van der Waals surface area contributed by atoms with Crippen LogP contribution < -0.4 is 0 Å². The number of aliphatic carboxylic acids is 1. The fourth-order valence-corrected chi connectivity index (χ4v) is 1.56. The molecule has 0 fully saturated rings. The smallest absolute Gasteiger partial charge is 0.336 e. The zero-order valence-corrected chi connectivity index (χ0v) is 10.2. The lowest BCUT2D eigenvalue weighted by Crippen LogP contribution is -2.41. The summed E-state index contributed by atoms with van der Waals surface area (Å²) in [6.07, 6.45) is 0.292. The molecule has 1 unspecified atom stereocenters. The largest absolute Gasteiger partial charge is 0.479 e. The lowest BCUT2D eigenvalue weighted by atomic mass is 9.96. The first-order valence-electron chi connectivity index (χ1n) is 5.71. The molecule has 0 saturated heterocycles. The third kappa shape index (κ3) is 3.78. The zero-order valence-electron chi connectivity index (χ0n) is 10.2. The maximum Gasteiger partial charge on any atom is 0.336 e. The molecule has 5 heteroatoms. The van der Waals surface area contributed by atoms with E-state index in [0.717, 1.165) is 0 Å². The van der Waals surface area contributed by atoms with E-state index >= 15 is 0 Å². The third-order valence-corrected chi connectivity index (χ3v) is 2.66. The minimum atomic E-state index is -1.49. The van der Waals surface area contributed by atoms with E-state index < -0.39 is 17.4 Å². The Balaban J connectivity index is 2.79. The monoisotopic (exact) mass is 256 g/mol. The van der Waals surface area contributed by atoms with Crippen LogP contribution in [0.2, 0.25) is 0 Å². The SMILES string of the molecule is CC(Cc1ccccc1F)(OCCCO)C(=O)O. The Morgan fingerprint density at radius 2 is 2.11 bits per heavy atom. The highest BCUT2D eigenvalue weighted by Crippen LogP contribution is 2.20. The summed E-state index contributed by atoms with van der Waals surface area (Å²) in [6, 6.07) is 6.01. The van der Waals surface area contributed by atoms with Gasteiger partial charge in [0.25, 0.3) is 0 Å². The van der Waals surface area contributed by atoms with E-state index in [2.05, 4.69) is 0 Å². The number of ether oxygens (including phenoxy) is 1. The van der Waals surface area contributed by atoms with Gasteiger partial charge in [-0.05, 0) is 25.0 Å². The van der Waals surface area contributed by atoms with Gasteiger partial charge in [0.05, 0.1) is 6.61 Å². The maximum absolute atomic E-state index is 13.5. The van der Waals surface area contributed by atoms with Gasteiger partial charge >= 0.3 is 5.97 Å². The summed E-state index contributed by atoms with van der Waals surface area (Å²) in [4.78, 5) is 11.2. The summed E-state index contributed by atoms with van der Waals surface area (Å²) in [5.41, 5.74) is -1.19. The van der Waals surface area contributed by atoms with E-state index in [1.807, 2.05) is 0 Å². The fourth-order valence-electron chi connectivity index (χ4n) is 1.56. The predicted octanol–water partition coefficient (Wildman–Crippen LogP) is 1.61. The minimum absolute atomic E-state index is 0.0551. The Morgan fingerprint density at radius 3 is 2.67 bits per heavy atom. The number of hydrogen-bond donors (Lipinski definition) is 2. The molecule has 0 saturated carbocycles. The Labute approximate surface area is 105 Å². The van der Waals surface area contributed by atoms with Crippen LogP contribution in [0, 0.1) is 5.82 Å². The van der Waals surface area contributed by atoms with E-state index in [-0.39, 0.29) is 19.6 Å². The quantitative estimate of drug-likeness (QED) is 0.727. The maximum atomic E-state index is 13.5. The van der Waals surface area contributed by atoms with Crippen LogP contribution in [-0.4, -0.2) is 35.0 Å². The average molecular weight is 256 g/mol. The second-order valence-electron chi connectivity index (χ2n) is 4.23. The first kappa shape index (κ1) is 14.6. The van der Waals surface area contributed by atoms with Crippen molar-refractivity contribution >= 4 is 5.97 Å². The first-order chi connectivity index (χ1) is 8.49. The number of benzene rings is 1. The molecule has 0 bridgehead atoms. The highest BCUT2D eigenvalue weighted by Gasteiger charge is 2.35. The van der Waals surface area contributed by atoms with Crippen molar-refractivity contribution in [2.24, 2.45) is 0 Å². The van der Waals surface area contributed by atoms with Crippen LogP contribution in [0.5, 0.6) is 0 Å². The summed E-state index contributed by atoms with van der Waals surface area (Å²) >= 11 is 0. The second-order valence-corrected chi connectivity index (χ2v) is 4.23. The van der Waals surface area contributed by atoms with Gasteiger partial charge < -0.3 is 14.9 Å². The predicted molar refractivity (Wildman–Crippen MR) is 63.8 cm³/mol. The summed E-state index contributed by atoms with van der Waals surface area (Å²) < 4.78 is 18.7. The van der Waals surface area contributed by atoms with Crippen LogP contribution in [0.1, 0.15) is 18.9 Å². The molecule has 0 spiro atoms. The van der Waals surface area contributed by atoms with Gasteiger partial charge in [0.1, 0.15) is 5.82 Å². The van der Waals surface area contributed by atoms with E-state index in [4.69, 9.17) is 9.84 Å². The number of carbonyl (C=O) groups is 1. The average Bonchev–Trinajstić information content (AvgIpc) is 2.32. The minimum Gasteiger partial charge on any atom is -0.479 e. The summed E-state index contributed by atoms with van der Waals surface area (Å²) in [5, 5.41) is 17.8. The van der Waals surface area contributed by atoms with Crippen molar-refractivity contribution in [1.82, 2.24) is 0 Å². The molecule has 0 aliphatic carbocycles. The molecule has 0 amide bonds. The number of halogens is 1. The lowest BCUT2D eigenvalue weighted by Gasteiger charge is -2.25. The normalized spacial score (nSPS) is 14.2. The lowest BCUT2D eigenvalue weighted by molar-refractivity contribution is -0.164. The molecule has 1 atom stereocenters. The van der Waals surface area contributed by atoms with E-state index in [1.165, 1.54) is 19.1 Å². The topological polar surface area (TPSA) is 66.8 Å². The Morgan fingerprint density at radius 1 is 1.44 bits per heavy atom. The van der Waals surface area contributed by atoms with Crippen LogP contribution in [0.4, 0.5) is 4.39 Å². The molecular formula is C13H17FO4. The van der Waals surface area contributed by atoms with Crippen LogP contribution in [-0.2, 0) is 16.0 Å². The molecule has 100 valence electrons. The number of aliphatic hydroxyl groups excluding tert-OH is 1. The van der Waals surface area contributed by atoms with Gasteiger partial charge in [-0.2, -0.15) is 0 Å². The van der Waals surface area contributed by atoms with E-state index in [9.17, 15) is 14.3 Å². The van der Waals surface area contributed by atoms with Gasteiger partial charge in [-0.15, -0.1) is 0 Å². The fraction of sp³-hybridized carbons (Fsp3) is 0.462. The Hall–Kier alpha value is -1.46. The van der Waals surface area contributed by atoms with E-state index in [1.54, 1.807) is 12.1 Å². The molecule has 0 heterocycles. The Bertz CT molecular complexity index is 408. The molecule has 1 aromatic rings. The molecular weight excluding hydrogens is 239 g/mol. The Kier molecular flexibility index (Phi) is 5.25. The van der Waals surface area contributed by atoms with Crippen LogP contribution >= 0.6 is 0 Å². The van der Waals surface area contributed by atoms with Crippen molar-refractivity contribution in [3.63, 3.8) is 0 Å². The number of carboxylic acids is 1. The molecule has 1 aromatic carbocycles. The highest BCUT2D eigenvalue weighted by atomic mass is 19.1. The van der Waals surface area contributed by atoms with Crippen LogP contribution in [0.25, 0.3) is 0 Å². The molecule has 2 N–H and O–H groups in total. The third-order valence-electron chi connectivity index (χ3n) is 2.66. The molecule has 0 aliphatic heterocycles. The van der Waals surface area contributed by atoms with Crippen molar-refractivity contribution in [3.05, 3.63) is 35.6 Å². The molecule has 1 rings (SSSR count). The highest BCUT2D eigenvalue weighted by molar-refractivity contribution is 5.77. The van der Waals surface area contributed by atoms with Gasteiger partial charge in [0, 0.05) is 13.0 Å². The summed E-state index contributed by atoms with van der Waals surface area (Å²) in [5.74, 6) is -1.60. The molecule has 0 aromatic heterocycles. The van der Waals surface area contributed by atoms with Gasteiger partial charge in [0.2, 0.25) is 0 Å². The number of carboxylic acid groups (broad SMARTS) is 1. The van der Waals surface area contributed by atoms with Crippen molar-refractivity contribution in [2.75, 3.05) is 13.2 Å². The molecule has 0 aliphatic rings. The first-order valence-corrected chi connectivity index (χ1v) is 5.71. The zero-order chi connectivity index (χ0) is 13.6.